The smallest absolute Gasteiger partial charge is 0.252 e. The van der Waals surface area contributed by atoms with E-state index in [2.05, 4.69) is 19.2 Å². The maximum atomic E-state index is 13.3. The summed E-state index contributed by atoms with van der Waals surface area (Å²) in [6, 6.07) is 17.1. The van der Waals surface area contributed by atoms with E-state index in [-0.39, 0.29) is 11.2 Å². The first-order valence-electron chi connectivity index (χ1n) is 8.31. The normalized spacial score (nSPS) is 13.5. The van der Waals surface area contributed by atoms with Crippen LogP contribution in [0.25, 0.3) is 0 Å². The molecule has 2 aromatic rings. The van der Waals surface area contributed by atoms with Gasteiger partial charge in [-0.1, -0.05) is 56.3 Å². The van der Waals surface area contributed by atoms with Gasteiger partial charge in [-0.3, -0.25) is 9.00 Å². The predicted molar refractivity (Wildman–Crippen MR) is 99.5 cm³/mol. The van der Waals surface area contributed by atoms with Crippen LogP contribution in [-0.2, 0) is 10.8 Å². The van der Waals surface area contributed by atoms with Crippen molar-refractivity contribution in [2.75, 3.05) is 7.05 Å². The highest BCUT2D eigenvalue weighted by Crippen LogP contribution is 2.32. The second-order valence-corrected chi connectivity index (χ2v) is 7.85. The molecular formula is C20H25NO2S. The lowest BCUT2D eigenvalue weighted by Gasteiger charge is -2.19. The molecule has 1 amide bonds. The van der Waals surface area contributed by atoms with Gasteiger partial charge in [0.25, 0.3) is 5.91 Å². The molecule has 0 heterocycles. The first-order valence-corrected chi connectivity index (χ1v) is 9.52. The molecule has 2 aromatic carbocycles. The summed E-state index contributed by atoms with van der Waals surface area (Å²) in [5.41, 5.74) is 1.55. The van der Waals surface area contributed by atoms with E-state index >= 15 is 0 Å². The average molecular weight is 343 g/mol. The second kappa shape index (κ2) is 8.78. The van der Waals surface area contributed by atoms with Crippen molar-refractivity contribution in [1.82, 2.24) is 5.32 Å². The number of hydrogen-bond acceptors (Lipinski definition) is 2. The minimum atomic E-state index is -1.28. The standard InChI is InChI=1S/C20H25NO2S/c1-15(2)13-14-18(16-9-5-4-6-10-16)24(23)19-12-8-7-11-17(19)20(22)21-3/h4-12,15,18H,13-14H2,1-3H3,(H,21,22)/t18-,24+/m1/s1. The Labute approximate surface area is 146 Å². The van der Waals surface area contributed by atoms with Crippen LogP contribution in [0.2, 0.25) is 0 Å². The Morgan fingerprint density at radius 1 is 1.00 bits per heavy atom. The van der Waals surface area contributed by atoms with E-state index < -0.39 is 10.8 Å². The Hall–Kier alpha value is -1.94. The molecule has 0 unspecified atom stereocenters. The van der Waals surface area contributed by atoms with Crippen LogP contribution >= 0.6 is 0 Å². The van der Waals surface area contributed by atoms with E-state index in [9.17, 15) is 9.00 Å². The first kappa shape index (κ1) is 18.4. The molecular weight excluding hydrogens is 318 g/mol. The molecule has 2 rings (SSSR count). The van der Waals surface area contributed by atoms with Gasteiger partial charge >= 0.3 is 0 Å². The van der Waals surface area contributed by atoms with E-state index in [1.54, 1.807) is 25.2 Å². The summed E-state index contributed by atoms with van der Waals surface area (Å²) < 4.78 is 13.3. The van der Waals surface area contributed by atoms with E-state index in [0.717, 1.165) is 18.4 Å². The summed E-state index contributed by atoms with van der Waals surface area (Å²) in [7, 11) is 0.310. The molecule has 0 aliphatic heterocycles. The van der Waals surface area contributed by atoms with Crippen LogP contribution in [0.15, 0.2) is 59.5 Å². The van der Waals surface area contributed by atoms with Gasteiger partial charge in [-0.05, 0) is 36.5 Å². The Kier molecular flexibility index (Phi) is 6.73. The van der Waals surface area contributed by atoms with Crippen molar-refractivity contribution in [3.63, 3.8) is 0 Å². The number of rotatable bonds is 7. The molecule has 0 aromatic heterocycles. The summed E-state index contributed by atoms with van der Waals surface area (Å²) in [5, 5.41) is 2.52. The third-order valence-electron chi connectivity index (χ3n) is 4.01. The van der Waals surface area contributed by atoms with E-state index in [1.807, 2.05) is 36.4 Å². The van der Waals surface area contributed by atoms with Gasteiger partial charge in [-0.25, -0.2) is 0 Å². The highest BCUT2D eigenvalue weighted by Gasteiger charge is 2.24. The number of carbonyl (C=O) groups excluding carboxylic acids is 1. The van der Waals surface area contributed by atoms with Crippen LogP contribution in [0.4, 0.5) is 0 Å². The van der Waals surface area contributed by atoms with E-state index in [0.29, 0.717) is 16.4 Å². The van der Waals surface area contributed by atoms with Crippen molar-refractivity contribution < 1.29 is 9.00 Å². The van der Waals surface area contributed by atoms with Crippen molar-refractivity contribution in [1.29, 1.82) is 0 Å². The highest BCUT2D eigenvalue weighted by atomic mass is 32.2. The van der Waals surface area contributed by atoms with Gasteiger partial charge in [0, 0.05) is 7.05 Å². The van der Waals surface area contributed by atoms with Gasteiger partial charge in [0.05, 0.1) is 26.5 Å². The van der Waals surface area contributed by atoms with Gasteiger partial charge in [0.2, 0.25) is 0 Å². The molecule has 0 fully saturated rings. The van der Waals surface area contributed by atoms with Gasteiger partial charge in [-0.2, -0.15) is 0 Å². The molecule has 1 N–H and O–H groups in total. The number of amides is 1. The molecule has 0 saturated heterocycles. The summed E-state index contributed by atoms with van der Waals surface area (Å²) in [6.45, 7) is 4.34. The Morgan fingerprint density at radius 2 is 1.62 bits per heavy atom. The number of carbonyl (C=O) groups is 1. The lowest BCUT2D eigenvalue weighted by molar-refractivity contribution is 0.0960. The molecule has 2 atom stereocenters. The van der Waals surface area contributed by atoms with Gasteiger partial charge in [-0.15, -0.1) is 0 Å². The first-order chi connectivity index (χ1) is 11.5. The lowest BCUT2D eigenvalue weighted by atomic mass is 10.0. The SMILES string of the molecule is CNC(=O)c1ccccc1[S@@](=O)[C@H](CCC(C)C)c1ccccc1. The molecule has 0 radical (unpaired) electrons. The topological polar surface area (TPSA) is 46.2 Å². The van der Waals surface area contributed by atoms with Gasteiger partial charge < -0.3 is 5.32 Å². The Morgan fingerprint density at radius 3 is 2.25 bits per heavy atom. The fourth-order valence-corrected chi connectivity index (χ4v) is 4.32. The maximum absolute atomic E-state index is 13.3. The minimum absolute atomic E-state index is 0.112. The Balaban J connectivity index is 2.40. The predicted octanol–water partition coefficient (Wildman–Crippen LogP) is 4.33. The third kappa shape index (κ3) is 4.54. The van der Waals surface area contributed by atoms with Crippen LogP contribution < -0.4 is 5.32 Å². The zero-order chi connectivity index (χ0) is 17.5. The number of benzene rings is 2. The largest absolute Gasteiger partial charge is 0.355 e. The van der Waals surface area contributed by atoms with Crippen molar-refractivity contribution in [3.8, 4) is 0 Å². The molecule has 0 aliphatic carbocycles. The molecule has 3 nitrogen and oxygen atoms in total. The van der Waals surface area contributed by atoms with Crippen LogP contribution in [0.1, 0.15) is 47.9 Å². The monoisotopic (exact) mass is 343 g/mol. The van der Waals surface area contributed by atoms with Gasteiger partial charge in [0.1, 0.15) is 0 Å². The maximum Gasteiger partial charge on any atom is 0.252 e. The summed E-state index contributed by atoms with van der Waals surface area (Å²) in [4.78, 5) is 12.7. The Bertz CT molecular complexity index is 698. The number of nitrogens with one attached hydrogen (secondary N) is 1. The molecule has 128 valence electrons. The van der Waals surface area contributed by atoms with Crippen molar-refractivity contribution in [2.45, 2.75) is 36.8 Å². The molecule has 0 aliphatic rings. The average Bonchev–Trinajstić information content (AvgIpc) is 2.61. The molecule has 0 saturated carbocycles. The van der Waals surface area contributed by atoms with E-state index in [4.69, 9.17) is 0 Å². The summed E-state index contributed by atoms with van der Waals surface area (Å²) in [5.74, 6) is 0.344. The molecule has 0 bridgehead atoms. The highest BCUT2D eigenvalue weighted by molar-refractivity contribution is 7.85. The van der Waals surface area contributed by atoms with Crippen molar-refractivity contribution in [2.24, 2.45) is 5.92 Å². The van der Waals surface area contributed by atoms with Gasteiger partial charge in [0.15, 0.2) is 0 Å². The van der Waals surface area contributed by atoms with Crippen LogP contribution in [0.5, 0.6) is 0 Å². The molecule has 0 spiro atoms. The van der Waals surface area contributed by atoms with Crippen LogP contribution in [0, 0.1) is 5.92 Å². The van der Waals surface area contributed by atoms with Crippen molar-refractivity contribution >= 4 is 16.7 Å². The fourth-order valence-electron chi connectivity index (χ4n) is 2.67. The van der Waals surface area contributed by atoms with E-state index in [1.165, 1.54) is 0 Å². The lowest BCUT2D eigenvalue weighted by Crippen LogP contribution is -2.21. The summed E-state index contributed by atoms with van der Waals surface area (Å²) in [6.07, 6.45) is 1.82. The van der Waals surface area contributed by atoms with Crippen molar-refractivity contribution in [3.05, 3.63) is 65.7 Å². The quantitative estimate of drug-likeness (QED) is 0.813. The second-order valence-electron chi connectivity index (χ2n) is 6.24. The zero-order valence-electron chi connectivity index (χ0n) is 14.5. The third-order valence-corrected chi connectivity index (χ3v) is 5.83. The fraction of sp³-hybridized carbons (Fsp3) is 0.350. The zero-order valence-corrected chi connectivity index (χ0v) is 15.3. The molecule has 4 heteroatoms. The summed E-state index contributed by atoms with van der Waals surface area (Å²) >= 11 is 0. The molecule has 24 heavy (non-hydrogen) atoms. The van der Waals surface area contributed by atoms with Crippen LogP contribution in [0.3, 0.4) is 0 Å². The number of hydrogen-bond donors (Lipinski definition) is 1. The van der Waals surface area contributed by atoms with Crippen LogP contribution in [-0.4, -0.2) is 17.2 Å². The minimum Gasteiger partial charge on any atom is -0.355 e.